The van der Waals surface area contributed by atoms with Gasteiger partial charge >= 0.3 is 0 Å². The molecule has 2 amide bonds. The second kappa shape index (κ2) is 10.5. The second-order valence-corrected chi connectivity index (χ2v) is 7.51. The van der Waals surface area contributed by atoms with Crippen LogP contribution in [0.1, 0.15) is 47.6 Å². The molecule has 0 aliphatic heterocycles. The molecular formula is C23H28N4O5. The summed E-state index contributed by atoms with van der Waals surface area (Å²) in [6, 6.07) is 10.5. The second-order valence-electron chi connectivity index (χ2n) is 7.51. The van der Waals surface area contributed by atoms with Crippen LogP contribution in [0.15, 0.2) is 47.0 Å². The number of rotatable bonds is 10. The highest BCUT2D eigenvalue weighted by atomic mass is 16.5. The molecule has 9 nitrogen and oxygen atoms in total. The SMILES string of the molecule is CCn1cc(NC(=O)c2ccc(COc3ccccc3OC)o2)c(C(=O)NCC(C)C)n1. The van der Waals surface area contributed by atoms with E-state index in [0.29, 0.717) is 42.0 Å². The first kappa shape index (κ1) is 22.9. The topological polar surface area (TPSA) is 108 Å². The molecule has 1 aromatic carbocycles. The van der Waals surface area contributed by atoms with Crippen molar-refractivity contribution in [3.8, 4) is 11.5 Å². The van der Waals surface area contributed by atoms with Crippen LogP contribution in [0, 0.1) is 5.92 Å². The number of ether oxygens (including phenoxy) is 2. The lowest BCUT2D eigenvalue weighted by Gasteiger charge is -2.09. The van der Waals surface area contributed by atoms with Gasteiger partial charge in [-0.3, -0.25) is 14.3 Å². The van der Waals surface area contributed by atoms with Gasteiger partial charge in [0.1, 0.15) is 12.4 Å². The largest absolute Gasteiger partial charge is 0.493 e. The number of hydrogen-bond acceptors (Lipinski definition) is 6. The molecule has 0 unspecified atom stereocenters. The summed E-state index contributed by atoms with van der Waals surface area (Å²) in [5.41, 5.74) is 0.480. The van der Waals surface area contributed by atoms with E-state index < -0.39 is 5.91 Å². The van der Waals surface area contributed by atoms with E-state index in [9.17, 15) is 9.59 Å². The third kappa shape index (κ3) is 5.69. The minimum absolute atomic E-state index is 0.0985. The zero-order chi connectivity index (χ0) is 23.1. The molecule has 32 heavy (non-hydrogen) atoms. The Labute approximate surface area is 186 Å². The van der Waals surface area contributed by atoms with Gasteiger partial charge in [0.05, 0.1) is 12.8 Å². The fourth-order valence-corrected chi connectivity index (χ4v) is 2.87. The fraction of sp³-hybridized carbons (Fsp3) is 0.348. The average molecular weight is 441 g/mol. The molecular weight excluding hydrogens is 412 g/mol. The zero-order valence-corrected chi connectivity index (χ0v) is 18.7. The molecule has 0 aliphatic rings. The Balaban J connectivity index is 1.67. The van der Waals surface area contributed by atoms with Crippen LogP contribution < -0.4 is 20.1 Å². The number of furan rings is 1. The number of benzene rings is 1. The number of aromatic nitrogens is 2. The van der Waals surface area contributed by atoms with Crippen LogP contribution in [0.25, 0.3) is 0 Å². The minimum atomic E-state index is -0.484. The van der Waals surface area contributed by atoms with Gasteiger partial charge in [0, 0.05) is 19.3 Å². The summed E-state index contributed by atoms with van der Waals surface area (Å²) in [4.78, 5) is 25.2. The molecule has 3 aromatic rings. The number of hydrogen-bond donors (Lipinski definition) is 2. The summed E-state index contributed by atoms with van der Waals surface area (Å²) in [5, 5.41) is 9.80. The van der Waals surface area contributed by atoms with Crippen molar-refractivity contribution in [3.63, 3.8) is 0 Å². The Hall–Kier alpha value is -3.75. The lowest BCUT2D eigenvalue weighted by molar-refractivity contribution is 0.0944. The molecule has 2 N–H and O–H groups in total. The molecule has 0 aliphatic carbocycles. The quantitative estimate of drug-likeness (QED) is 0.498. The number of carbonyl (C=O) groups is 2. The third-order valence-electron chi connectivity index (χ3n) is 4.54. The fourth-order valence-electron chi connectivity index (χ4n) is 2.87. The van der Waals surface area contributed by atoms with Gasteiger partial charge < -0.3 is 24.5 Å². The van der Waals surface area contributed by atoms with E-state index in [1.165, 1.54) is 0 Å². The normalized spacial score (nSPS) is 10.8. The van der Waals surface area contributed by atoms with Gasteiger partial charge in [0.25, 0.3) is 11.8 Å². The number of para-hydroxylation sites is 2. The Morgan fingerprint density at radius 2 is 1.88 bits per heavy atom. The predicted molar refractivity (Wildman–Crippen MR) is 119 cm³/mol. The van der Waals surface area contributed by atoms with Crippen LogP contribution in [0.3, 0.4) is 0 Å². The molecule has 0 fully saturated rings. The molecule has 3 rings (SSSR count). The molecule has 2 heterocycles. The van der Waals surface area contributed by atoms with Crippen LogP contribution >= 0.6 is 0 Å². The van der Waals surface area contributed by atoms with E-state index in [1.807, 2.05) is 32.9 Å². The summed E-state index contributed by atoms with van der Waals surface area (Å²) in [6.07, 6.45) is 1.62. The molecule has 0 saturated carbocycles. The van der Waals surface area contributed by atoms with Crippen molar-refractivity contribution in [2.45, 2.75) is 33.9 Å². The Morgan fingerprint density at radius 1 is 1.12 bits per heavy atom. The van der Waals surface area contributed by atoms with Gasteiger partial charge in [-0.25, -0.2) is 0 Å². The average Bonchev–Trinajstić information content (AvgIpc) is 3.43. The standard InChI is InChI=1S/C23H28N4O5/c1-5-27-13-17(21(26-27)23(29)24-12-15(2)3)25-22(28)20-11-10-16(32-20)14-31-19-9-7-6-8-18(19)30-4/h6-11,13,15H,5,12,14H2,1-4H3,(H,24,29)(H,25,28). The van der Waals surface area contributed by atoms with Gasteiger partial charge in [-0.05, 0) is 37.1 Å². The van der Waals surface area contributed by atoms with E-state index >= 15 is 0 Å². The lowest BCUT2D eigenvalue weighted by atomic mass is 10.2. The van der Waals surface area contributed by atoms with Crippen molar-refractivity contribution in [3.05, 3.63) is 59.8 Å². The minimum Gasteiger partial charge on any atom is -0.493 e. The highest BCUT2D eigenvalue weighted by Crippen LogP contribution is 2.27. The lowest BCUT2D eigenvalue weighted by Crippen LogP contribution is -2.28. The van der Waals surface area contributed by atoms with Crippen LogP contribution in [-0.2, 0) is 13.2 Å². The highest BCUT2D eigenvalue weighted by molar-refractivity contribution is 6.07. The van der Waals surface area contributed by atoms with Crippen LogP contribution in [0.2, 0.25) is 0 Å². The maximum absolute atomic E-state index is 12.7. The van der Waals surface area contributed by atoms with Crippen LogP contribution in [0.5, 0.6) is 11.5 Å². The summed E-state index contributed by atoms with van der Waals surface area (Å²) in [5.74, 6) is 1.22. The maximum atomic E-state index is 12.7. The number of methoxy groups -OCH3 is 1. The van der Waals surface area contributed by atoms with E-state index in [-0.39, 0.29) is 24.0 Å². The maximum Gasteiger partial charge on any atom is 0.291 e. The van der Waals surface area contributed by atoms with Gasteiger partial charge in [-0.1, -0.05) is 26.0 Å². The zero-order valence-electron chi connectivity index (χ0n) is 18.7. The summed E-state index contributed by atoms with van der Waals surface area (Å²) in [6.45, 7) is 7.10. The monoisotopic (exact) mass is 440 g/mol. The Kier molecular flexibility index (Phi) is 7.54. The van der Waals surface area contributed by atoms with Gasteiger partial charge in [-0.15, -0.1) is 0 Å². The van der Waals surface area contributed by atoms with Gasteiger partial charge in [0.2, 0.25) is 0 Å². The van der Waals surface area contributed by atoms with Crippen molar-refractivity contribution >= 4 is 17.5 Å². The summed E-state index contributed by atoms with van der Waals surface area (Å²) in [7, 11) is 1.57. The van der Waals surface area contributed by atoms with Gasteiger partial charge in [-0.2, -0.15) is 5.10 Å². The molecule has 0 spiro atoms. The Morgan fingerprint density at radius 3 is 2.56 bits per heavy atom. The molecule has 0 bridgehead atoms. The molecule has 0 atom stereocenters. The first-order valence-corrected chi connectivity index (χ1v) is 10.4. The van der Waals surface area contributed by atoms with Crippen molar-refractivity contribution < 1.29 is 23.5 Å². The predicted octanol–water partition coefficient (Wildman–Crippen LogP) is 3.72. The Bertz CT molecular complexity index is 1070. The smallest absolute Gasteiger partial charge is 0.291 e. The van der Waals surface area contributed by atoms with Gasteiger partial charge in [0.15, 0.2) is 23.0 Å². The van der Waals surface area contributed by atoms with Crippen LogP contribution in [-0.4, -0.2) is 35.2 Å². The third-order valence-corrected chi connectivity index (χ3v) is 4.54. The molecule has 2 aromatic heterocycles. The number of carbonyl (C=O) groups excluding carboxylic acids is 2. The number of nitrogens with one attached hydrogen (secondary N) is 2. The first-order valence-electron chi connectivity index (χ1n) is 10.4. The van der Waals surface area contributed by atoms with E-state index in [0.717, 1.165) is 0 Å². The van der Waals surface area contributed by atoms with E-state index in [4.69, 9.17) is 13.9 Å². The van der Waals surface area contributed by atoms with E-state index in [1.54, 1.807) is 42.3 Å². The number of aryl methyl sites for hydroxylation is 1. The highest BCUT2D eigenvalue weighted by Gasteiger charge is 2.20. The number of anilines is 1. The number of nitrogens with zero attached hydrogens (tertiary/aromatic N) is 2. The number of amides is 2. The summed E-state index contributed by atoms with van der Waals surface area (Å²) >= 11 is 0. The molecule has 0 radical (unpaired) electrons. The molecule has 9 heteroatoms. The van der Waals surface area contributed by atoms with Crippen molar-refractivity contribution in [2.24, 2.45) is 5.92 Å². The molecule has 170 valence electrons. The van der Waals surface area contributed by atoms with Crippen molar-refractivity contribution in [2.75, 3.05) is 19.0 Å². The van der Waals surface area contributed by atoms with Crippen molar-refractivity contribution in [1.82, 2.24) is 15.1 Å². The summed E-state index contributed by atoms with van der Waals surface area (Å²) < 4.78 is 18.2. The van der Waals surface area contributed by atoms with Crippen molar-refractivity contribution in [1.29, 1.82) is 0 Å². The first-order chi connectivity index (χ1) is 15.4. The van der Waals surface area contributed by atoms with Crippen LogP contribution in [0.4, 0.5) is 5.69 Å². The molecule has 0 saturated heterocycles. The van der Waals surface area contributed by atoms with E-state index in [2.05, 4.69) is 15.7 Å².